The van der Waals surface area contributed by atoms with Gasteiger partial charge in [0.25, 0.3) is 0 Å². The van der Waals surface area contributed by atoms with Crippen LogP contribution in [0, 0.1) is 0 Å². The van der Waals surface area contributed by atoms with Gasteiger partial charge in [0.05, 0.1) is 6.54 Å². The van der Waals surface area contributed by atoms with Gasteiger partial charge in [-0.05, 0) is 24.6 Å². The van der Waals surface area contributed by atoms with Crippen LogP contribution in [-0.4, -0.2) is 39.3 Å². The van der Waals surface area contributed by atoms with Crippen LogP contribution in [0.2, 0.25) is 0 Å². The van der Waals surface area contributed by atoms with E-state index in [0.717, 1.165) is 4.90 Å². The Labute approximate surface area is 103 Å². The summed E-state index contributed by atoms with van der Waals surface area (Å²) in [6.07, 6.45) is -0.664. The number of phenolic OH excluding ortho intramolecular Hbond substituents is 1. The Morgan fingerprint density at radius 2 is 2.28 bits per heavy atom. The molecule has 96 valence electrons. The number of phenols is 1. The minimum Gasteiger partial charge on any atom is -0.508 e. The molecule has 0 saturated carbocycles. The second-order valence-corrected chi connectivity index (χ2v) is 4.39. The third kappa shape index (κ3) is 1.97. The molecule has 1 aliphatic rings. The highest BCUT2D eigenvalue weighted by Gasteiger charge is 2.49. The quantitative estimate of drug-likeness (QED) is 0.842. The zero-order valence-electron chi connectivity index (χ0n) is 9.79. The fraction of sp³-hybridized carbons (Fsp3) is 0.333. The Morgan fingerprint density at radius 1 is 1.56 bits per heavy atom. The van der Waals surface area contributed by atoms with Crippen LogP contribution in [0.4, 0.5) is 4.79 Å². The van der Waals surface area contributed by atoms with Crippen molar-refractivity contribution >= 4 is 12.1 Å². The average molecular weight is 251 g/mol. The number of cyclic esters (lactones) is 1. The summed E-state index contributed by atoms with van der Waals surface area (Å²) in [5.41, 5.74) is -0.732. The molecule has 0 aromatic heterocycles. The predicted molar refractivity (Wildman–Crippen MR) is 61.0 cm³/mol. The van der Waals surface area contributed by atoms with E-state index in [0.29, 0.717) is 5.56 Å². The van der Waals surface area contributed by atoms with Gasteiger partial charge in [-0.15, -0.1) is 0 Å². The van der Waals surface area contributed by atoms with Crippen LogP contribution in [0.25, 0.3) is 0 Å². The van der Waals surface area contributed by atoms with Crippen LogP contribution in [0.1, 0.15) is 12.5 Å². The van der Waals surface area contributed by atoms with E-state index in [1.54, 1.807) is 12.1 Å². The van der Waals surface area contributed by atoms with Crippen molar-refractivity contribution in [1.29, 1.82) is 0 Å². The van der Waals surface area contributed by atoms with Gasteiger partial charge < -0.3 is 14.9 Å². The van der Waals surface area contributed by atoms with Gasteiger partial charge in [0.2, 0.25) is 0 Å². The Bertz CT molecular complexity index is 501. The molecule has 0 spiro atoms. The van der Waals surface area contributed by atoms with E-state index in [1.807, 2.05) is 0 Å². The van der Waals surface area contributed by atoms with E-state index in [1.165, 1.54) is 19.1 Å². The summed E-state index contributed by atoms with van der Waals surface area (Å²) >= 11 is 0. The lowest BCUT2D eigenvalue weighted by atomic mass is 10.0. The summed E-state index contributed by atoms with van der Waals surface area (Å²) in [6.45, 7) is 1.33. The molecule has 6 heteroatoms. The number of nitrogens with zero attached hydrogens (tertiary/aromatic N) is 1. The maximum Gasteiger partial charge on any atom is 0.411 e. The van der Waals surface area contributed by atoms with Crippen molar-refractivity contribution in [2.24, 2.45) is 0 Å². The first-order chi connectivity index (χ1) is 8.43. The summed E-state index contributed by atoms with van der Waals surface area (Å²) in [5.74, 6) is -1.05. The summed E-state index contributed by atoms with van der Waals surface area (Å²) in [5, 5.41) is 18.5. The van der Waals surface area contributed by atoms with E-state index in [2.05, 4.69) is 0 Å². The molecule has 18 heavy (non-hydrogen) atoms. The van der Waals surface area contributed by atoms with Crippen LogP contribution in [-0.2, 0) is 16.1 Å². The number of ether oxygens (including phenoxy) is 1. The molecular formula is C12H13NO5. The molecule has 1 unspecified atom stereocenters. The van der Waals surface area contributed by atoms with E-state index in [9.17, 15) is 19.8 Å². The first kappa shape index (κ1) is 12.2. The Kier molecular flexibility index (Phi) is 2.86. The first-order valence-corrected chi connectivity index (χ1v) is 5.39. The van der Waals surface area contributed by atoms with E-state index in [-0.39, 0.29) is 18.9 Å². The van der Waals surface area contributed by atoms with Gasteiger partial charge in [-0.3, -0.25) is 4.90 Å². The van der Waals surface area contributed by atoms with Crippen molar-refractivity contribution in [3.8, 4) is 5.75 Å². The number of carbonyl (C=O) groups excluding carboxylic acids is 1. The predicted octanol–water partition coefficient (Wildman–Crippen LogP) is 1.19. The van der Waals surface area contributed by atoms with Crippen LogP contribution < -0.4 is 0 Å². The molecule has 6 nitrogen and oxygen atoms in total. The maximum absolute atomic E-state index is 11.6. The van der Waals surface area contributed by atoms with Gasteiger partial charge in [0, 0.05) is 0 Å². The third-order valence-electron chi connectivity index (χ3n) is 3.00. The summed E-state index contributed by atoms with van der Waals surface area (Å²) in [6, 6.07) is 6.31. The minimum atomic E-state index is -1.37. The van der Waals surface area contributed by atoms with Crippen LogP contribution in [0.3, 0.4) is 0 Å². The summed E-state index contributed by atoms with van der Waals surface area (Å²) < 4.78 is 4.79. The standard InChI is InChI=1S/C12H13NO5/c1-12(10(15)16)7-18-11(17)13(12)6-8-3-2-4-9(14)5-8/h2-5,14H,6-7H2,1H3,(H,15,16). The summed E-state index contributed by atoms with van der Waals surface area (Å²) in [4.78, 5) is 23.9. The Morgan fingerprint density at radius 3 is 2.89 bits per heavy atom. The van der Waals surface area contributed by atoms with Crippen molar-refractivity contribution in [1.82, 2.24) is 4.90 Å². The molecule has 0 bridgehead atoms. The number of hydrogen-bond acceptors (Lipinski definition) is 4. The molecule has 1 fully saturated rings. The Hall–Kier alpha value is -2.24. The lowest BCUT2D eigenvalue weighted by molar-refractivity contribution is -0.147. The second kappa shape index (κ2) is 4.21. The number of hydrogen-bond donors (Lipinski definition) is 2. The number of amides is 1. The van der Waals surface area contributed by atoms with E-state index < -0.39 is 17.6 Å². The van der Waals surface area contributed by atoms with Gasteiger partial charge >= 0.3 is 12.1 Å². The van der Waals surface area contributed by atoms with Crippen molar-refractivity contribution in [3.05, 3.63) is 29.8 Å². The fourth-order valence-corrected chi connectivity index (χ4v) is 1.81. The third-order valence-corrected chi connectivity index (χ3v) is 3.00. The maximum atomic E-state index is 11.6. The molecule has 2 N–H and O–H groups in total. The topological polar surface area (TPSA) is 87.1 Å². The highest BCUT2D eigenvalue weighted by Crippen LogP contribution is 2.27. The number of benzene rings is 1. The molecule has 1 aliphatic heterocycles. The normalized spacial score (nSPS) is 22.9. The molecular weight excluding hydrogens is 238 g/mol. The lowest BCUT2D eigenvalue weighted by Crippen LogP contribution is -2.50. The van der Waals surface area contributed by atoms with Gasteiger partial charge in [-0.2, -0.15) is 0 Å². The average Bonchev–Trinajstić information content (AvgIpc) is 2.59. The molecule has 1 aromatic carbocycles. The lowest BCUT2D eigenvalue weighted by Gasteiger charge is -2.27. The highest BCUT2D eigenvalue weighted by molar-refractivity contribution is 5.86. The van der Waals surface area contributed by atoms with Crippen molar-refractivity contribution in [2.45, 2.75) is 19.0 Å². The van der Waals surface area contributed by atoms with E-state index in [4.69, 9.17) is 4.74 Å². The molecule has 1 amide bonds. The van der Waals surface area contributed by atoms with Crippen LogP contribution in [0.15, 0.2) is 24.3 Å². The largest absolute Gasteiger partial charge is 0.508 e. The van der Waals surface area contributed by atoms with Gasteiger partial charge in [-0.1, -0.05) is 12.1 Å². The molecule has 0 radical (unpaired) electrons. The number of aromatic hydroxyl groups is 1. The first-order valence-electron chi connectivity index (χ1n) is 5.39. The zero-order chi connectivity index (χ0) is 13.3. The monoisotopic (exact) mass is 251 g/mol. The smallest absolute Gasteiger partial charge is 0.411 e. The molecule has 0 aliphatic carbocycles. The molecule has 1 atom stereocenters. The Balaban J connectivity index is 2.26. The zero-order valence-corrected chi connectivity index (χ0v) is 9.79. The SMILES string of the molecule is CC1(C(=O)O)COC(=O)N1Cc1cccc(O)c1. The molecule has 2 rings (SSSR count). The van der Waals surface area contributed by atoms with Gasteiger partial charge in [0.15, 0.2) is 5.54 Å². The second-order valence-electron chi connectivity index (χ2n) is 4.39. The van der Waals surface area contributed by atoms with Crippen LogP contribution >= 0.6 is 0 Å². The van der Waals surface area contributed by atoms with Crippen molar-refractivity contribution in [2.75, 3.05) is 6.61 Å². The van der Waals surface area contributed by atoms with Crippen molar-refractivity contribution < 1.29 is 24.5 Å². The number of carboxylic acids is 1. The van der Waals surface area contributed by atoms with Crippen LogP contribution in [0.5, 0.6) is 5.75 Å². The van der Waals surface area contributed by atoms with Gasteiger partial charge in [0.1, 0.15) is 12.4 Å². The number of carboxylic acid groups (broad SMARTS) is 1. The number of aliphatic carboxylic acids is 1. The summed E-state index contributed by atoms with van der Waals surface area (Å²) in [7, 11) is 0. The highest BCUT2D eigenvalue weighted by atomic mass is 16.6. The minimum absolute atomic E-state index is 0.0668. The fourth-order valence-electron chi connectivity index (χ4n) is 1.81. The molecule has 1 heterocycles. The number of rotatable bonds is 3. The van der Waals surface area contributed by atoms with Crippen molar-refractivity contribution in [3.63, 3.8) is 0 Å². The molecule has 1 saturated heterocycles. The van der Waals surface area contributed by atoms with Gasteiger partial charge in [-0.25, -0.2) is 9.59 Å². The number of carbonyl (C=O) groups is 2. The molecule has 1 aromatic rings. The van der Waals surface area contributed by atoms with E-state index >= 15 is 0 Å².